The minimum absolute atomic E-state index is 0.159. The molecule has 0 saturated carbocycles. The van der Waals surface area contributed by atoms with Gasteiger partial charge in [-0.05, 0) is 0 Å². The van der Waals surface area contributed by atoms with Crippen molar-refractivity contribution in [1.82, 2.24) is 20.4 Å². The van der Waals surface area contributed by atoms with Crippen molar-refractivity contribution in [2.24, 2.45) is 0 Å². The summed E-state index contributed by atoms with van der Waals surface area (Å²) in [4.78, 5) is 37.2. The molecule has 0 atom stereocenters. The van der Waals surface area contributed by atoms with Crippen LogP contribution in [0.2, 0.25) is 0 Å². The molecule has 88 valence electrons. The number of carbonyl (C=O) groups is 3. The Morgan fingerprint density at radius 3 is 1.75 bits per heavy atom. The van der Waals surface area contributed by atoms with Crippen LogP contribution in [0.5, 0.6) is 0 Å². The first-order chi connectivity index (χ1) is 7.70. The predicted octanol–water partition coefficient (Wildman–Crippen LogP) is -2.03. The maximum Gasteiger partial charge on any atom is 0.333 e. The molecule has 2 aliphatic rings. The van der Waals surface area contributed by atoms with E-state index in [2.05, 4.69) is 10.6 Å². The van der Waals surface area contributed by atoms with E-state index in [-0.39, 0.29) is 24.9 Å². The number of imide groups is 2. The largest absolute Gasteiger partial charge is 0.333 e. The zero-order valence-electron chi connectivity index (χ0n) is 8.86. The van der Waals surface area contributed by atoms with Crippen LogP contribution in [-0.2, 0) is 9.59 Å². The van der Waals surface area contributed by atoms with Gasteiger partial charge in [0.25, 0.3) is 0 Å². The average Bonchev–Trinajstić information content (AvgIpc) is 2.29. The third-order valence-corrected chi connectivity index (χ3v) is 2.64. The van der Waals surface area contributed by atoms with Crippen molar-refractivity contribution >= 4 is 17.8 Å². The Balaban J connectivity index is 2.05. The molecule has 7 nitrogen and oxygen atoms in total. The van der Waals surface area contributed by atoms with Gasteiger partial charge in [-0.2, -0.15) is 0 Å². The molecule has 0 radical (unpaired) electrons. The van der Waals surface area contributed by atoms with Crippen molar-refractivity contribution in [3.8, 4) is 0 Å². The lowest BCUT2D eigenvalue weighted by atomic mass is 10.3. The van der Waals surface area contributed by atoms with Gasteiger partial charge in [0.2, 0.25) is 11.8 Å². The van der Waals surface area contributed by atoms with Crippen molar-refractivity contribution in [2.45, 2.75) is 0 Å². The summed E-state index contributed by atoms with van der Waals surface area (Å²) in [5.74, 6) is -0.551. The van der Waals surface area contributed by atoms with Crippen LogP contribution in [0, 0.1) is 0 Å². The Morgan fingerprint density at radius 1 is 0.938 bits per heavy atom. The molecule has 2 saturated heterocycles. The fourth-order valence-corrected chi connectivity index (χ4v) is 1.76. The third-order valence-electron chi connectivity index (χ3n) is 2.64. The quantitative estimate of drug-likeness (QED) is 0.498. The molecule has 16 heavy (non-hydrogen) atoms. The number of nitrogens with one attached hydrogen (secondary N) is 2. The minimum Gasteiger partial charge on any atom is -0.307 e. The first-order valence-corrected chi connectivity index (χ1v) is 5.26. The van der Waals surface area contributed by atoms with Crippen molar-refractivity contribution in [1.29, 1.82) is 0 Å². The lowest BCUT2D eigenvalue weighted by molar-refractivity contribution is -0.132. The summed E-state index contributed by atoms with van der Waals surface area (Å²) >= 11 is 0. The maximum atomic E-state index is 11.9. The van der Waals surface area contributed by atoms with Crippen LogP contribution in [0.4, 0.5) is 4.79 Å². The lowest BCUT2D eigenvalue weighted by Gasteiger charge is -2.32. The topological polar surface area (TPSA) is 81.8 Å². The summed E-state index contributed by atoms with van der Waals surface area (Å²) in [5, 5.41) is 5.75. The van der Waals surface area contributed by atoms with Crippen LogP contribution in [0.3, 0.4) is 0 Å². The Kier molecular flexibility index (Phi) is 3.16. The van der Waals surface area contributed by atoms with Crippen LogP contribution in [0.25, 0.3) is 0 Å². The molecule has 0 spiro atoms. The van der Waals surface area contributed by atoms with E-state index < -0.39 is 6.03 Å². The molecule has 2 N–H and O–H groups in total. The summed E-state index contributed by atoms with van der Waals surface area (Å²) in [6, 6.07) is -0.488. The molecule has 0 unspecified atom stereocenters. The van der Waals surface area contributed by atoms with Crippen LogP contribution in [0.1, 0.15) is 0 Å². The molecule has 2 aliphatic heterocycles. The Hall–Kier alpha value is -1.47. The number of hydrogen-bond acceptors (Lipinski definition) is 5. The second-order valence-electron chi connectivity index (χ2n) is 3.73. The van der Waals surface area contributed by atoms with Crippen molar-refractivity contribution in [3.63, 3.8) is 0 Å². The minimum atomic E-state index is -0.488. The molecule has 4 amide bonds. The van der Waals surface area contributed by atoms with E-state index in [1.807, 2.05) is 0 Å². The molecule has 0 aromatic rings. The number of amides is 4. The van der Waals surface area contributed by atoms with Gasteiger partial charge in [0.05, 0.1) is 13.1 Å². The molecule has 0 bridgehead atoms. The molecular weight excluding hydrogens is 212 g/mol. The van der Waals surface area contributed by atoms with Crippen LogP contribution < -0.4 is 10.6 Å². The highest BCUT2D eigenvalue weighted by atomic mass is 16.2. The normalized spacial score (nSPS) is 22.5. The monoisotopic (exact) mass is 226 g/mol. The van der Waals surface area contributed by atoms with Crippen LogP contribution in [-0.4, -0.2) is 66.9 Å². The van der Waals surface area contributed by atoms with E-state index in [0.29, 0.717) is 26.2 Å². The summed E-state index contributed by atoms with van der Waals surface area (Å²) in [6.07, 6.45) is 0. The number of rotatable bonds is 0. The number of piperazine rings is 2. The Labute approximate surface area is 92.8 Å². The predicted molar refractivity (Wildman–Crippen MR) is 54.6 cm³/mol. The SMILES string of the molecule is O=C1CNCCN1C(=O)N1CCNCC1=O. The van der Waals surface area contributed by atoms with Gasteiger partial charge in [0.15, 0.2) is 0 Å². The number of urea groups is 1. The van der Waals surface area contributed by atoms with Gasteiger partial charge in [-0.1, -0.05) is 0 Å². The second kappa shape index (κ2) is 4.58. The van der Waals surface area contributed by atoms with E-state index in [1.165, 1.54) is 0 Å². The van der Waals surface area contributed by atoms with Gasteiger partial charge >= 0.3 is 6.03 Å². The van der Waals surface area contributed by atoms with Gasteiger partial charge in [-0.15, -0.1) is 0 Å². The third kappa shape index (κ3) is 2.05. The highest BCUT2D eigenvalue weighted by Crippen LogP contribution is 2.04. The number of carbonyl (C=O) groups excluding carboxylic acids is 3. The molecule has 0 aromatic carbocycles. The van der Waals surface area contributed by atoms with E-state index >= 15 is 0 Å². The van der Waals surface area contributed by atoms with Crippen molar-refractivity contribution in [3.05, 3.63) is 0 Å². The zero-order chi connectivity index (χ0) is 11.5. The van der Waals surface area contributed by atoms with Gasteiger partial charge in [0.1, 0.15) is 0 Å². The molecular formula is C9H14N4O3. The molecule has 2 rings (SSSR count). The van der Waals surface area contributed by atoms with Crippen molar-refractivity contribution < 1.29 is 14.4 Å². The highest BCUT2D eigenvalue weighted by Gasteiger charge is 2.32. The van der Waals surface area contributed by atoms with E-state index in [0.717, 1.165) is 9.80 Å². The molecule has 7 heteroatoms. The van der Waals surface area contributed by atoms with Gasteiger partial charge in [0, 0.05) is 26.2 Å². The van der Waals surface area contributed by atoms with Gasteiger partial charge in [-0.25, -0.2) is 4.79 Å². The highest BCUT2D eigenvalue weighted by molar-refractivity contribution is 6.03. The van der Waals surface area contributed by atoms with E-state index in [1.54, 1.807) is 0 Å². The Bertz CT molecular complexity index is 301. The smallest absolute Gasteiger partial charge is 0.307 e. The van der Waals surface area contributed by atoms with Gasteiger partial charge < -0.3 is 10.6 Å². The lowest BCUT2D eigenvalue weighted by Crippen LogP contribution is -2.59. The van der Waals surface area contributed by atoms with Crippen LogP contribution in [0.15, 0.2) is 0 Å². The number of hydrogen-bond donors (Lipinski definition) is 2. The first-order valence-electron chi connectivity index (χ1n) is 5.26. The Morgan fingerprint density at radius 2 is 1.38 bits per heavy atom. The van der Waals surface area contributed by atoms with E-state index in [4.69, 9.17) is 0 Å². The summed E-state index contributed by atoms with van der Waals surface area (Å²) in [5.41, 5.74) is 0. The van der Waals surface area contributed by atoms with Gasteiger partial charge in [-0.3, -0.25) is 19.4 Å². The summed E-state index contributed by atoms with van der Waals surface area (Å²) in [6.45, 7) is 2.14. The van der Waals surface area contributed by atoms with Crippen molar-refractivity contribution in [2.75, 3.05) is 39.3 Å². The summed E-state index contributed by atoms with van der Waals surface area (Å²) < 4.78 is 0. The maximum absolute atomic E-state index is 11.9. The standard InChI is InChI=1S/C9H14N4O3/c14-7-5-10-1-3-12(7)9(16)13-4-2-11-6-8(13)15/h10-11H,1-6H2. The fourth-order valence-electron chi connectivity index (χ4n) is 1.76. The second-order valence-corrected chi connectivity index (χ2v) is 3.73. The zero-order valence-corrected chi connectivity index (χ0v) is 8.86. The number of nitrogens with zero attached hydrogens (tertiary/aromatic N) is 2. The van der Waals surface area contributed by atoms with Crippen LogP contribution >= 0.6 is 0 Å². The average molecular weight is 226 g/mol. The molecule has 0 aliphatic carbocycles. The van der Waals surface area contributed by atoms with E-state index in [9.17, 15) is 14.4 Å². The summed E-state index contributed by atoms with van der Waals surface area (Å²) in [7, 11) is 0. The molecule has 2 fully saturated rings. The molecule has 0 aromatic heterocycles. The fraction of sp³-hybridized carbons (Fsp3) is 0.667. The molecule has 2 heterocycles. The first kappa shape index (κ1) is 11.0.